The molecule has 2 amide bonds. The Bertz CT molecular complexity index is 1710. The zero-order valence-corrected chi connectivity index (χ0v) is 31.4. The van der Waals surface area contributed by atoms with Gasteiger partial charge in [-0.1, -0.05) is 6.92 Å². The zero-order chi connectivity index (χ0) is 32.3. The summed E-state index contributed by atoms with van der Waals surface area (Å²) in [4.78, 5) is 66.1. The van der Waals surface area contributed by atoms with Gasteiger partial charge < -0.3 is 48.9 Å². The van der Waals surface area contributed by atoms with Gasteiger partial charge in [0.05, 0.1) is 52.5 Å². The summed E-state index contributed by atoms with van der Waals surface area (Å²) in [5.74, 6) is -4.98. The number of hydrogen-bond donors (Lipinski definition) is 1. The van der Waals surface area contributed by atoms with Gasteiger partial charge in [-0.05, 0) is 31.9 Å². The Morgan fingerprint density at radius 3 is 2.32 bits per heavy atom. The summed E-state index contributed by atoms with van der Waals surface area (Å²) in [5.41, 5.74) is -0.824. The molecule has 240 valence electrons. The largest absolute Gasteiger partial charge is 1.00 e. The number of aliphatic hydroxyl groups is 1. The van der Waals surface area contributed by atoms with Crippen molar-refractivity contribution in [3.05, 3.63) is 50.5 Å². The normalized spacial score (nSPS) is 22.7. The van der Waals surface area contributed by atoms with Crippen LogP contribution >= 0.6 is 11.8 Å². The van der Waals surface area contributed by atoms with E-state index in [1.54, 1.807) is 22.5 Å². The summed E-state index contributed by atoms with van der Waals surface area (Å²) in [7, 11) is 0. The number of rotatable bonds is 9. The van der Waals surface area contributed by atoms with E-state index in [1.807, 2.05) is 0 Å². The summed E-state index contributed by atoms with van der Waals surface area (Å²) >= 11 is 1.17. The fraction of sp³-hybridized carbons (Fsp3) is 0.500. The minimum atomic E-state index is -1.61. The number of β-lactam (4-membered cyclic amide) rings is 1. The maximum atomic E-state index is 15.3. The third-order valence-corrected chi connectivity index (χ3v) is 10.3. The Morgan fingerprint density at radius 2 is 1.74 bits per heavy atom. The average molecular weight is 689 g/mol. The van der Waals surface area contributed by atoms with Crippen molar-refractivity contribution >= 4 is 52.3 Å². The Labute approximate surface area is 317 Å². The number of carbonyl (C=O) groups is 4. The van der Waals surface area contributed by atoms with Gasteiger partial charge in [0.2, 0.25) is 5.91 Å². The fourth-order valence-electron chi connectivity index (χ4n) is 6.61. The monoisotopic (exact) mass is 688 g/mol. The minimum absolute atomic E-state index is 0. The molecule has 6 rings (SSSR count). The third-order valence-electron chi connectivity index (χ3n) is 9.01. The number of ether oxygens (including phenoxy) is 1. The van der Waals surface area contributed by atoms with Crippen molar-refractivity contribution in [1.29, 1.82) is 0 Å². The Hall–Kier alpha value is -2.11. The third kappa shape index (κ3) is 6.87. The average Bonchev–Trinajstić information content (AvgIpc) is 3.80. The van der Waals surface area contributed by atoms with Crippen LogP contribution in [0.2, 0.25) is 0 Å². The van der Waals surface area contributed by atoms with Gasteiger partial charge >= 0.3 is 65.2 Å². The number of carboxylic acids is 2. The predicted octanol–water partition coefficient (Wildman–Crippen LogP) is -6.34. The Kier molecular flexibility index (Phi) is 11.9. The summed E-state index contributed by atoms with van der Waals surface area (Å²) in [6, 6.07) is 2.17. The number of carboxylic acid groups (broad SMARTS) is 2. The van der Waals surface area contributed by atoms with E-state index in [2.05, 4.69) is 0 Å². The van der Waals surface area contributed by atoms with Crippen molar-refractivity contribution in [2.45, 2.75) is 44.9 Å². The van der Waals surface area contributed by atoms with Gasteiger partial charge in [0.25, 0.3) is 0 Å². The number of hydrogen-bond acceptors (Lipinski definition) is 11. The van der Waals surface area contributed by atoms with Crippen molar-refractivity contribution < 1.29 is 103 Å². The van der Waals surface area contributed by atoms with E-state index in [-0.39, 0.29) is 126 Å². The van der Waals surface area contributed by atoms with Crippen LogP contribution < -0.4 is 79.7 Å². The smallest absolute Gasteiger partial charge is 0.545 e. The number of aliphatic carboxylic acids is 1. The van der Waals surface area contributed by atoms with Gasteiger partial charge in [0, 0.05) is 60.4 Å². The summed E-state index contributed by atoms with van der Waals surface area (Å²) < 4.78 is 22.4. The van der Waals surface area contributed by atoms with Crippen LogP contribution in [0.15, 0.2) is 33.7 Å². The summed E-state index contributed by atoms with van der Waals surface area (Å²) in [6.07, 6.45) is 1.40. The summed E-state index contributed by atoms with van der Waals surface area (Å²) in [6.45, 7) is 4.30. The number of benzene rings is 1. The number of aliphatic hydroxyl groups excluding tert-OH is 1. The molecule has 1 saturated carbocycles. The second-order valence-electron chi connectivity index (χ2n) is 11.8. The van der Waals surface area contributed by atoms with E-state index in [1.165, 1.54) is 34.7 Å². The van der Waals surface area contributed by atoms with Crippen molar-refractivity contribution in [1.82, 2.24) is 14.4 Å². The first-order valence-electron chi connectivity index (χ1n) is 14.8. The molecule has 17 heteroatoms. The number of anilines is 1. The van der Waals surface area contributed by atoms with Gasteiger partial charge in [0.15, 0.2) is 5.43 Å². The van der Waals surface area contributed by atoms with Crippen LogP contribution in [0.3, 0.4) is 0 Å². The van der Waals surface area contributed by atoms with Crippen LogP contribution in [0.1, 0.15) is 43.1 Å². The topological polar surface area (TPSA) is 176 Å². The van der Waals surface area contributed by atoms with E-state index in [4.69, 9.17) is 4.74 Å². The predicted molar refractivity (Wildman–Crippen MR) is 155 cm³/mol. The second kappa shape index (κ2) is 14.8. The molecule has 1 N–H and O–H groups in total. The van der Waals surface area contributed by atoms with Crippen LogP contribution in [-0.4, -0.2) is 94.1 Å². The molecule has 4 aliphatic rings. The van der Waals surface area contributed by atoms with E-state index in [0.717, 1.165) is 18.9 Å². The number of carbonyl (C=O) groups excluding carboxylic acids is 4. The first-order valence-corrected chi connectivity index (χ1v) is 15.7. The van der Waals surface area contributed by atoms with Crippen LogP contribution in [0, 0.1) is 17.7 Å². The number of piperazine rings is 1. The van der Waals surface area contributed by atoms with E-state index >= 15 is 4.39 Å². The molecule has 3 fully saturated rings. The molecule has 4 heterocycles. The van der Waals surface area contributed by atoms with Crippen molar-refractivity contribution in [2.24, 2.45) is 11.8 Å². The van der Waals surface area contributed by atoms with Crippen molar-refractivity contribution in [2.75, 3.05) is 43.4 Å². The molecule has 0 radical (unpaired) electrons. The van der Waals surface area contributed by atoms with Gasteiger partial charge in [-0.15, -0.1) is 11.8 Å². The number of aromatic carboxylic acids is 1. The molecule has 1 aliphatic carbocycles. The van der Waals surface area contributed by atoms with Crippen molar-refractivity contribution in [3.63, 3.8) is 0 Å². The number of halogens is 1. The van der Waals surface area contributed by atoms with Crippen LogP contribution in [0.5, 0.6) is 0 Å². The number of fused-ring (bicyclic) bond motifs is 2. The van der Waals surface area contributed by atoms with E-state index in [0.29, 0.717) is 10.4 Å². The molecule has 1 aromatic carbocycles. The zero-order valence-electron chi connectivity index (χ0n) is 26.6. The maximum absolute atomic E-state index is 15.3. The van der Waals surface area contributed by atoms with Gasteiger partial charge in [0.1, 0.15) is 12.4 Å². The second-order valence-corrected chi connectivity index (χ2v) is 12.9. The van der Waals surface area contributed by atoms with Crippen LogP contribution in [-0.2, 0) is 14.3 Å². The molecule has 13 nitrogen and oxygen atoms in total. The van der Waals surface area contributed by atoms with Crippen LogP contribution in [0.4, 0.5) is 14.9 Å². The quantitative estimate of drug-likeness (QED) is 0.151. The number of amides is 2. The number of pyridine rings is 1. The first-order chi connectivity index (χ1) is 21.4. The number of nitrogens with zero attached hydrogens (tertiary/aromatic N) is 4. The molecule has 2 aromatic rings. The minimum Gasteiger partial charge on any atom is -0.545 e. The maximum Gasteiger partial charge on any atom is 1.00 e. The molecular formula is C30H31FN4Na2O9S. The van der Waals surface area contributed by atoms with E-state index < -0.39 is 58.8 Å². The SMILES string of the molecule is CC1C(SCCOC(=O)N2CCN(c3cc4c(cc3F)c(=O)c(C(=O)[O-])cn4C3CC3)CC2)=C(C(=O)[O-])N2C(=O)[C@@H]([C@@H](C)O)[C@H]12.[Na+].[Na+]. The molecule has 0 spiro atoms. The van der Waals surface area contributed by atoms with Crippen LogP contribution in [0.25, 0.3) is 10.9 Å². The van der Waals surface area contributed by atoms with Gasteiger partial charge in [-0.3, -0.25) is 9.59 Å². The Morgan fingerprint density at radius 1 is 1.09 bits per heavy atom. The molecular weight excluding hydrogens is 657 g/mol. The molecule has 0 bridgehead atoms. The Balaban J connectivity index is 0.00000250. The molecule has 47 heavy (non-hydrogen) atoms. The number of aromatic nitrogens is 1. The molecule has 1 unspecified atom stereocenters. The first kappa shape index (κ1) is 37.7. The van der Waals surface area contributed by atoms with Gasteiger partial charge in [-0.2, -0.15) is 0 Å². The molecule has 4 atom stereocenters. The number of thioether (sulfide) groups is 1. The molecule has 3 aliphatic heterocycles. The van der Waals surface area contributed by atoms with Gasteiger partial charge in [-0.25, -0.2) is 9.18 Å². The summed E-state index contributed by atoms with van der Waals surface area (Å²) in [5, 5.41) is 33.3. The standard InChI is InChI=1S/C30H33FN4O9S.2Na/c1-14-23-22(15(2)36)27(38)35(23)24(29(41)42)26(14)45-10-9-44-30(43)33-7-5-32(6-8-33)21-12-20-17(11-19(21)31)25(37)18(28(39)40)13-34(20)16-3-4-16;;/h11-16,22-23,36H,3-10H2,1-2H3,(H,39,40)(H,41,42);;/q;2*+1/p-2/t14?,15-,22+,23+;;/m1../s1. The fourth-order valence-corrected chi connectivity index (χ4v) is 7.72. The van der Waals surface area contributed by atoms with E-state index in [9.17, 15) is 39.3 Å². The molecule has 2 saturated heterocycles. The van der Waals surface area contributed by atoms with Crippen molar-refractivity contribution in [3.8, 4) is 0 Å². The molecule has 1 aromatic heterocycles.